The number of aromatic nitrogens is 1. The Labute approximate surface area is 282 Å². The minimum Gasteiger partial charge on any atom is -0.493 e. The molecule has 1 atom stereocenters. The number of carboxylic acids is 2. The minimum atomic E-state index is -4.75. The van der Waals surface area contributed by atoms with Crippen molar-refractivity contribution in [1.82, 2.24) is 9.47 Å². The largest absolute Gasteiger partial charge is 0.493 e. The number of fused-ring (bicyclic) bond motifs is 1. The number of piperidine rings is 1. The first-order valence-electron chi connectivity index (χ1n) is 15.9. The van der Waals surface area contributed by atoms with Crippen molar-refractivity contribution >= 4 is 22.8 Å². The van der Waals surface area contributed by atoms with Crippen molar-refractivity contribution < 1.29 is 47.2 Å². The molecule has 9 nitrogen and oxygen atoms in total. The average molecular weight is 681 g/mol. The molecule has 1 aliphatic rings. The van der Waals surface area contributed by atoms with Crippen LogP contribution in [0.4, 0.5) is 13.2 Å². The molecule has 0 spiro atoms. The maximum absolute atomic E-state index is 15.4. The van der Waals surface area contributed by atoms with Gasteiger partial charge in [0, 0.05) is 49.7 Å². The Balaban J connectivity index is 1.42. The molecule has 1 saturated heterocycles. The fourth-order valence-electron chi connectivity index (χ4n) is 6.46. The molecule has 0 radical (unpaired) electrons. The average Bonchev–Trinajstić information content (AvgIpc) is 3.44. The third-order valence-electron chi connectivity index (χ3n) is 9.10. The second-order valence-electron chi connectivity index (χ2n) is 12.2. The predicted octanol–water partition coefficient (Wildman–Crippen LogP) is 6.95. The molecule has 0 bridgehead atoms. The summed E-state index contributed by atoms with van der Waals surface area (Å²) < 4.78 is 65.3. The van der Waals surface area contributed by atoms with Gasteiger partial charge in [0.1, 0.15) is 11.5 Å². The number of halogens is 3. The van der Waals surface area contributed by atoms with Crippen molar-refractivity contribution in [3.05, 3.63) is 102 Å². The number of nitrogens with zero attached hydrogens (tertiary/aromatic N) is 2. The summed E-state index contributed by atoms with van der Waals surface area (Å²) in [6.45, 7) is 4.14. The molecule has 2 heterocycles. The van der Waals surface area contributed by atoms with Crippen molar-refractivity contribution in [2.24, 2.45) is 0 Å². The molecule has 1 aromatic heterocycles. The molecule has 0 saturated carbocycles. The first kappa shape index (κ1) is 35.3. The zero-order valence-electron chi connectivity index (χ0n) is 27.3. The van der Waals surface area contributed by atoms with Crippen LogP contribution >= 0.6 is 0 Å². The Morgan fingerprint density at radius 2 is 1.61 bits per heavy atom. The number of carboxylic acid groups (broad SMARTS) is 2. The van der Waals surface area contributed by atoms with E-state index in [2.05, 4.69) is 6.58 Å². The lowest BCUT2D eigenvalue weighted by molar-refractivity contribution is -0.181. The van der Waals surface area contributed by atoms with Crippen molar-refractivity contribution in [2.75, 3.05) is 33.9 Å². The molecule has 2 N–H and O–H groups in total. The van der Waals surface area contributed by atoms with E-state index in [4.69, 9.17) is 19.3 Å². The van der Waals surface area contributed by atoms with Gasteiger partial charge in [-0.1, -0.05) is 36.4 Å². The van der Waals surface area contributed by atoms with E-state index >= 15 is 13.2 Å². The van der Waals surface area contributed by atoms with Crippen LogP contribution in [0.25, 0.3) is 10.9 Å². The monoisotopic (exact) mass is 680 g/mol. The molecule has 12 heteroatoms. The molecule has 0 amide bonds. The van der Waals surface area contributed by atoms with E-state index in [1.807, 2.05) is 30.3 Å². The number of rotatable bonds is 14. The second kappa shape index (κ2) is 14.7. The van der Waals surface area contributed by atoms with E-state index in [9.17, 15) is 14.7 Å². The van der Waals surface area contributed by atoms with Gasteiger partial charge in [-0.3, -0.25) is 4.79 Å². The first-order valence-corrected chi connectivity index (χ1v) is 15.9. The number of aromatic carboxylic acids is 1. The molecule has 260 valence electrons. The van der Waals surface area contributed by atoms with Crippen LogP contribution in [0.1, 0.15) is 46.3 Å². The van der Waals surface area contributed by atoms with Crippen LogP contribution in [0.3, 0.4) is 0 Å². The predicted molar refractivity (Wildman–Crippen MR) is 178 cm³/mol. The Morgan fingerprint density at radius 3 is 2.16 bits per heavy atom. The number of alkyl halides is 3. The van der Waals surface area contributed by atoms with E-state index in [0.717, 1.165) is 11.6 Å². The topological polar surface area (TPSA) is 110 Å². The van der Waals surface area contributed by atoms with Gasteiger partial charge in [-0.25, -0.2) is 4.79 Å². The van der Waals surface area contributed by atoms with Gasteiger partial charge in [0.15, 0.2) is 11.5 Å². The summed E-state index contributed by atoms with van der Waals surface area (Å²) in [5.74, 6) is -1.07. The van der Waals surface area contributed by atoms with Crippen molar-refractivity contribution in [1.29, 1.82) is 0 Å². The summed E-state index contributed by atoms with van der Waals surface area (Å²) in [5.41, 5.74) is -0.592. The van der Waals surface area contributed by atoms with E-state index in [0.29, 0.717) is 60.8 Å². The lowest BCUT2D eigenvalue weighted by atomic mass is 9.78. The fraction of sp³-hybridized carbons (Fsp3) is 0.351. The number of ether oxygens (including phenoxy) is 3. The van der Waals surface area contributed by atoms with Gasteiger partial charge >= 0.3 is 18.1 Å². The molecule has 1 unspecified atom stereocenters. The summed E-state index contributed by atoms with van der Waals surface area (Å²) in [6.07, 6.45) is -1.65. The third-order valence-corrected chi connectivity index (χ3v) is 9.10. The van der Waals surface area contributed by atoms with Gasteiger partial charge in [-0.2, -0.15) is 13.2 Å². The molecule has 1 aliphatic heterocycles. The Morgan fingerprint density at radius 1 is 0.959 bits per heavy atom. The molecule has 3 aromatic carbocycles. The Kier molecular flexibility index (Phi) is 10.6. The lowest BCUT2D eigenvalue weighted by Crippen LogP contribution is -2.52. The molecule has 4 aromatic rings. The number of aliphatic carboxylic acids is 1. The number of carbonyl (C=O) groups is 2. The standard InChI is InChI=1S/C37H39F3N2O7/c1-4-36(37(38,39)40,29-22-42(21-24-8-6-5-7-9-24)30-12-11-26(35(45)46)20-28(29)30)23-41-16-14-27(15-17-41)49-34-31(47-2)18-25(10-13-33(43)44)19-32(34)48-3/h4-9,11-12,18-20,22,27H,1,10,13-17,21,23H2,2-3H3,(H,43,44)(H,45,46). The molecule has 49 heavy (non-hydrogen) atoms. The Hall–Kier alpha value is -4.97. The molecular weight excluding hydrogens is 641 g/mol. The highest BCUT2D eigenvalue weighted by molar-refractivity contribution is 5.95. The number of benzene rings is 3. The number of likely N-dealkylation sites (tertiary alicyclic amines) is 1. The van der Waals surface area contributed by atoms with Crippen molar-refractivity contribution in [3.63, 3.8) is 0 Å². The normalized spacial score (nSPS) is 15.4. The van der Waals surface area contributed by atoms with Gasteiger partial charge in [-0.15, -0.1) is 6.58 Å². The molecule has 1 fully saturated rings. The van der Waals surface area contributed by atoms with E-state index < -0.39 is 30.1 Å². The van der Waals surface area contributed by atoms with E-state index in [-0.39, 0.29) is 35.5 Å². The van der Waals surface area contributed by atoms with Gasteiger partial charge < -0.3 is 33.9 Å². The van der Waals surface area contributed by atoms with Crippen LogP contribution in [0.2, 0.25) is 0 Å². The van der Waals surface area contributed by atoms with Crippen LogP contribution in [0.15, 0.2) is 79.5 Å². The number of hydrogen-bond donors (Lipinski definition) is 2. The van der Waals surface area contributed by atoms with Gasteiger partial charge in [-0.05, 0) is 66.3 Å². The quantitative estimate of drug-likeness (QED) is 0.138. The smallest absolute Gasteiger partial charge is 0.403 e. The van der Waals surface area contributed by atoms with E-state index in [1.165, 1.54) is 32.5 Å². The lowest BCUT2D eigenvalue weighted by Gasteiger charge is -2.40. The summed E-state index contributed by atoms with van der Waals surface area (Å²) in [4.78, 5) is 24.7. The first-order chi connectivity index (χ1) is 23.4. The molecular formula is C37H39F3N2O7. The number of hydrogen-bond acceptors (Lipinski definition) is 6. The molecule has 0 aliphatic carbocycles. The van der Waals surface area contributed by atoms with Gasteiger partial charge in [0.25, 0.3) is 0 Å². The SMILES string of the molecule is C=CC(CN1CCC(Oc2c(OC)cc(CCC(=O)O)cc2OC)CC1)(c1cn(Cc2ccccc2)c2ccc(C(=O)O)cc12)C(F)(F)F. The minimum absolute atomic E-state index is 0.0557. The van der Waals surface area contributed by atoms with Crippen LogP contribution in [-0.4, -0.2) is 77.8 Å². The maximum atomic E-state index is 15.4. The highest BCUT2D eigenvalue weighted by atomic mass is 19.4. The zero-order chi connectivity index (χ0) is 35.3. The number of aryl methyl sites for hydroxylation is 1. The second-order valence-corrected chi connectivity index (χ2v) is 12.2. The maximum Gasteiger partial charge on any atom is 0.403 e. The number of methoxy groups -OCH3 is 2. The van der Waals surface area contributed by atoms with Crippen molar-refractivity contribution in [3.8, 4) is 17.2 Å². The van der Waals surface area contributed by atoms with E-state index in [1.54, 1.807) is 27.7 Å². The summed E-state index contributed by atoms with van der Waals surface area (Å²) in [7, 11) is 2.93. The Bertz CT molecular complexity index is 1790. The third kappa shape index (κ3) is 7.54. The van der Waals surface area contributed by atoms with Crippen LogP contribution in [-0.2, 0) is 23.2 Å². The highest BCUT2D eigenvalue weighted by Crippen LogP contribution is 2.47. The van der Waals surface area contributed by atoms with Crippen LogP contribution in [0.5, 0.6) is 17.2 Å². The van der Waals surface area contributed by atoms with Gasteiger partial charge in [0.2, 0.25) is 5.75 Å². The summed E-state index contributed by atoms with van der Waals surface area (Å²) in [5, 5.41) is 19.0. The van der Waals surface area contributed by atoms with Crippen LogP contribution in [0, 0.1) is 0 Å². The summed E-state index contributed by atoms with van der Waals surface area (Å²) in [6, 6.07) is 17.0. The van der Waals surface area contributed by atoms with Crippen LogP contribution < -0.4 is 14.2 Å². The molecule has 5 rings (SSSR count). The van der Waals surface area contributed by atoms with Gasteiger partial charge in [0.05, 0.1) is 19.8 Å². The highest BCUT2D eigenvalue weighted by Gasteiger charge is 2.56. The fourth-order valence-corrected chi connectivity index (χ4v) is 6.46. The summed E-state index contributed by atoms with van der Waals surface area (Å²) >= 11 is 0. The zero-order valence-corrected chi connectivity index (χ0v) is 27.3. The van der Waals surface area contributed by atoms with Crippen molar-refractivity contribution in [2.45, 2.75) is 49.9 Å².